The minimum Gasteiger partial charge on any atom is -0.775 e. The summed E-state index contributed by atoms with van der Waals surface area (Å²) >= 11 is 0. The molecular weight excluding hydrogens is 261 g/mol. The van der Waals surface area contributed by atoms with Gasteiger partial charge in [-0.3, -0.25) is 13.4 Å². The van der Waals surface area contributed by atoms with Gasteiger partial charge in [-0.1, -0.05) is 6.58 Å². The van der Waals surface area contributed by atoms with E-state index in [1.54, 1.807) is 0 Å². The molecule has 0 amide bonds. The van der Waals surface area contributed by atoms with Gasteiger partial charge in [0, 0.05) is 0 Å². The third kappa shape index (κ3) is 6.62. The van der Waals surface area contributed by atoms with Gasteiger partial charge in [-0.15, -0.1) is 0 Å². The van der Waals surface area contributed by atoms with Crippen LogP contribution < -0.4 is 14.7 Å². The van der Waals surface area contributed by atoms with Gasteiger partial charge in [0.05, 0.1) is 0 Å². The lowest BCUT2D eigenvalue weighted by molar-refractivity contribution is -0.241. The number of hydrogen-bond acceptors (Lipinski definition) is 8. The Morgan fingerprint density at radius 3 is 1.86 bits per heavy atom. The monoisotopic (exact) mass is 265 g/mol. The van der Waals surface area contributed by atoms with Crippen molar-refractivity contribution in [3.8, 4) is 0 Å². The molecule has 14 heavy (non-hydrogen) atoms. The lowest BCUT2D eigenvalue weighted by Gasteiger charge is -2.31. The third-order valence-electron chi connectivity index (χ3n) is 0.641. The molecule has 84 valence electrons. The predicted molar refractivity (Wildman–Crippen MR) is 37.4 cm³/mol. The number of hydrogen-bond donors (Lipinski definition) is 1. The molecular formula is C2H4O9P3-3. The van der Waals surface area contributed by atoms with Crippen molar-refractivity contribution in [2.24, 2.45) is 0 Å². The van der Waals surface area contributed by atoms with Crippen LogP contribution in [0.1, 0.15) is 0 Å². The van der Waals surface area contributed by atoms with Crippen molar-refractivity contribution in [2.75, 3.05) is 0 Å². The molecule has 0 aliphatic carbocycles. The molecule has 3 atom stereocenters. The molecule has 3 unspecified atom stereocenters. The van der Waals surface area contributed by atoms with Crippen LogP contribution >= 0.6 is 23.2 Å². The molecule has 1 N–H and O–H groups in total. The second-order valence-electron chi connectivity index (χ2n) is 1.80. The molecule has 0 fully saturated rings. The Balaban J connectivity index is 4.68. The second kappa shape index (κ2) is 4.37. The Bertz CT molecular complexity index is 351. The SMILES string of the molecule is C=CP(=O)([O-])OP(=O)([O-])OP(=O)([O-])O. The Morgan fingerprint density at radius 2 is 1.57 bits per heavy atom. The topological polar surface area (TPSA) is 159 Å². The summed E-state index contributed by atoms with van der Waals surface area (Å²) in [7, 11) is -16.2. The highest BCUT2D eigenvalue weighted by Gasteiger charge is 2.20. The maximum absolute atomic E-state index is 10.5. The van der Waals surface area contributed by atoms with Crippen molar-refractivity contribution >= 4 is 23.2 Å². The highest BCUT2D eigenvalue weighted by atomic mass is 31.3. The van der Waals surface area contributed by atoms with E-state index in [2.05, 4.69) is 15.2 Å². The van der Waals surface area contributed by atoms with E-state index in [1.165, 1.54) is 0 Å². The van der Waals surface area contributed by atoms with Gasteiger partial charge in [0.15, 0.2) is 7.60 Å². The molecule has 0 rings (SSSR count). The molecule has 0 aliphatic rings. The molecule has 0 bridgehead atoms. The fourth-order valence-corrected chi connectivity index (χ4v) is 3.09. The predicted octanol–water partition coefficient (Wildman–Crippen LogP) is -1.35. The van der Waals surface area contributed by atoms with Crippen LogP contribution in [0.25, 0.3) is 0 Å². The molecule has 0 saturated carbocycles. The fourth-order valence-electron chi connectivity index (χ4n) is 0.314. The van der Waals surface area contributed by atoms with E-state index in [-0.39, 0.29) is 5.82 Å². The van der Waals surface area contributed by atoms with Gasteiger partial charge in [0.1, 0.15) is 0 Å². The summed E-state index contributed by atoms with van der Waals surface area (Å²) in [5.41, 5.74) is 0. The maximum Gasteiger partial charge on any atom is 0.279 e. The first-order chi connectivity index (χ1) is 5.97. The second-order valence-corrected chi connectivity index (χ2v) is 6.38. The quantitative estimate of drug-likeness (QED) is 0.592. The summed E-state index contributed by atoms with van der Waals surface area (Å²) in [5, 5.41) is 0. The van der Waals surface area contributed by atoms with Crippen molar-refractivity contribution in [3.63, 3.8) is 0 Å². The largest absolute Gasteiger partial charge is 0.775 e. The zero-order valence-electron chi connectivity index (χ0n) is 6.34. The van der Waals surface area contributed by atoms with Crippen LogP contribution in [0.2, 0.25) is 0 Å². The highest BCUT2D eigenvalue weighted by Crippen LogP contribution is 2.61. The van der Waals surface area contributed by atoms with Crippen molar-refractivity contribution in [3.05, 3.63) is 12.4 Å². The molecule has 0 aromatic rings. The fraction of sp³-hybridized carbons (Fsp3) is 0. The minimum absolute atomic E-state index is 0.133. The van der Waals surface area contributed by atoms with Gasteiger partial charge in [-0.2, -0.15) is 0 Å². The van der Waals surface area contributed by atoms with Crippen molar-refractivity contribution in [1.82, 2.24) is 0 Å². The van der Waals surface area contributed by atoms with E-state index in [1.807, 2.05) is 0 Å². The first-order valence-electron chi connectivity index (χ1n) is 2.69. The lowest BCUT2D eigenvalue weighted by atomic mass is 11.3. The van der Waals surface area contributed by atoms with E-state index in [0.29, 0.717) is 0 Å². The van der Waals surface area contributed by atoms with Crippen LogP contribution in [-0.2, 0) is 22.3 Å². The summed E-state index contributed by atoms with van der Waals surface area (Å²) in [6.45, 7) is 2.69. The Morgan fingerprint density at radius 1 is 1.14 bits per heavy atom. The molecule has 0 radical (unpaired) electrons. The zero-order valence-corrected chi connectivity index (χ0v) is 9.02. The molecule has 0 saturated heterocycles. The van der Waals surface area contributed by atoms with Crippen LogP contribution in [0.15, 0.2) is 12.4 Å². The summed E-state index contributed by atoms with van der Waals surface area (Å²) < 4.78 is 37.1. The average molecular weight is 265 g/mol. The van der Waals surface area contributed by atoms with E-state index < -0.39 is 23.2 Å². The Labute approximate surface area is 78.4 Å². The molecule has 0 aliphatic heterocycles. The molecule has 9 nitrogen and oxygen atoms in total. The molecule has 12 heteroatoms. The van der Waals surface area contributed by atoms with E-state index in [9.17, 15) is 28.4 Å². The molecule has 0 spiro atoms. The molecule has 0 heterocycles. The standard InChI is InChI=1S/C2H7O9P3/c1-2-12(3,4)10-14(8,9)11-13(5,6)7/h2H,1H2,(H,3,4)(H,8,9)(H2,5,6,7)/p-3. The van der Waals surface area contributed by atoms with Crippen LogP contribution in [0.4, 0.5) is 0 Å². The van der Waals surface area contributed by atoms with Crippen LogP contribution in [0, 0.1) is 0 Å². The third-order valence-corrected chi connectivity index (χ3v) is 4.42. The first-order valence-corrected chi connectivity index (χ1v) is 7.26. The van der Waals surface area contributed by atoms with Crippen LogP contribution in [0.3, 0.4) is 0 Å². The Hall–Kier alpha value is 0.190. The van der Waals surface area contributed by atoms with Gasteiger partial charge < -0.3 is 24.1 Å². The summed E-state index contributed by atoms with van der Waals surface area (Å²) in [6.07, 6.45) is 0. The Kier molecular flexibility index (Phi) is 4.42. The van der Waals surface area contributed by atoms with E-state index in [4.69, 9.17) is 4.89 Å². The van der Waals surface area contributed by atoms with Gasteiger partial charge >= 0.3 is 0 Å². The van der Waals surface area contributed by atoms with Gasteiger partial charge in [-0.25, -0.2) is 4.31 Å². The van der Waals surface area contributed by atoms with E-state index in [0.717, 1.165) is 0 Å². The van der Waals surface area contributed by atoms with Gasteiger partial charge in [0.2, 0.25) is 0 Å². The number of rotatable bonds is 5. The van der Waals surface area contributed by atoms with E-state index >= 15 is 0 Å². The van der Waals surface area contributed by atoms with Gasteiger partial charge in [0.25, 0.3) is 15.6 Å². The van der Waals surface area contributed by atoms with Crippen LogP contribution in [-0.4, -0.2) is 4.89 Å². The summed E-state index contributed by atoms with van der Waals surface area (Å²) in [6, 6.07) is 0. The van der Waals surface area contributed by atoms with Crippen molar-refractivity contribution in [1.29, 1.82) is 0 Å². The summed E-state index contributed by atoms with van der Waals surface area (Å²) in [4.78, 5) is 38.8. The van der Waals surface area contributed by atoms with Gasteiger partial charge in [-0.05, 0) is 5.82 Å². The molecule has 0 aromatic heterocycles. The highest BCUT2D eigenvalue weighted by molar-refractivity contribution is 7.68. The summed E-state index contributed by atoms with van der Waals surface area (Å²) in [5.74, 6) is 0.133. The van der Waals surface area contributed by atoms with Crippen molar-refractivity contribution < 1.29 is 41.9 Å². The molecule has 0 aromatic carbocycles. The van der Waals surface area contributed by atoms with Crippen LogP contribution in [0.5, 0.6) is 0 Å². The minimum atomic E-state index is -5.67. The average Bonchev–Trinajstić information content (AvgIpc) is 1.78. The number of phosphoric acid groups is 2. The normalized spacial score (nSPS) is 24.3. The smallest absolute Gasteiger partial charge is 0.279 e. The maximum atomic E-state index is 10.5. The van der Waals surface area contributed by atoms with Crippen molar-refractivity contribution in [2.45, 2.75) is 0 Å². The zero-order chi connectivity index (χ0) is 11.6. The lowest BCUT2D eigenvalue weighted by Crippen LogP contribution is -2.12. The first kappa shape index (κ1) is 14.2.